The number of hydrogen-bond acceptors (Lipinski definition) is 2. The standard InChI is InChI=1S/C14H8NO2/c15-11-7-3-6-10-12(11)14(17)9-5-2-1-4-8(9)13(10)16/h1-7,15H. The second-order valence-corrected chi connectivity index (χ2v) is 3.93. The maximum atomic E-state index is 12.2. The van der Waals surface area contributed by atoms with E-state index in [2.05, 4.69) is 0 Å². The molecule has 2 aromatic rings. The first-order chi connectivity index (χ1) is 8.20. The lowest BCUT2D eigenvalue weighted by Crippen LogP contribution is -2.21. The van der Waals surface area contributed by atoms with Gasteiger partial charge in [-0.3, -0.25) is 9.59 Å². The van der Waals surface area contributed by atoms with Crippen molar-refractivity contribution in [1.29, 1.82) is 0 Å². The molecule has 17 heavy (non-hydrogen) atoms. The summed E-state index contributed by atoms with van der Waals surface area (Å²) >= 11 is 0. The molecule has 3 rings (SSSR count). The Morgan fingerprint density at radius 1 is 0.706 bits per heavy atom. The maximum Gasteiger partial charge on any atom is 0.196 e. The van der Waals surface area contributed by atoms with Crippen LogP contribution in [0.15, 0.2) is 42.5 Å². The number of rotatable bonds is 0. The molecule has 0 fully saturated rings. The predicted octanol–water partition coefficient (Wildman–Crippen LogP) is 2.38. The summed E-state index contributed by atoms with van der Waals surface area (Å²) in [6.07, 6.45) is 0. The third kappa shape index (κ3) is 1.22. The molecule has 0 atom stereocenters. The molecule has 3 heteroatoms. The van der Waals surface area contributed by atoms with Gasteiger partial charge in [-0.15, -0.1) is 0 Å². The van der Waals surface area contributed by atoms with Crippen LogP contribution in [-0.4, -0.2) is 11.6 Å². The molecular weight excluding hydrogens is 214 g/mol. The summed E-state index contributed by atoms with van der Waals surface area (Å²) in [5.41, 5.74) is 9.22. The second-order valence-electron chi connectivity index (χ2n) is 3.93. The number of carbonyl (C=O) groups is 2. The number of nitrogens with one attached hydrogen (secondary N) is 1. The Hall–Kier alpha value is -2.42. The van der Waals surface area contributed by atoms with E-state index >= 15 is 0 Å². The Balaban J connectivity index is 2.37. The maximum absolute atomic E-state index is 12.2. The molecule has 1 aliphatic rings. The summed E-state index contributed by atoms with van der Waals surface area (Å²) < 4.78 is 0. The Bertz CT molecular complexity index is 659. The van der Waals surface area contributed by atoms with E-state index in [9.17, 15) is 9.59 Å². The van der Waals surface area contributed by atoms with E-state index in [0.29, 0.717) is 16.7 Å². The minimum Gasteiger partial charge on any atom is -0.300 e. The summed E-state index contributed by atoms with van der Waals surface area (Å²) in [6.45, 7) is 0. The number of hydrogen-bond donors (Lipinski definition) is 0. The van der Waals surface area contributed by atoms with E-state index in [-0.39, 0.29) is 22.8 Å². The Morgan fingerprint density at radius 3 is 2.00 bits per heavy atom. The monoisotopic (exact) mass is 222 g/mol. The van der Waals surface area contributed by atoms with E-state index in [4.69, 9.17) is 5.73 Å². The van der Waals surface area contributed by atoms with Gasteiger partial charge in [0, 0.05) is 16.7 Å². The van der Waals surface area contributed by atoms with Gasteiger partial charge in [-0.05, 0) is 6.07 Å². The molecule has 3 nitrogen and oxygen atoms in total. The van der Waals surface area contributed by atoms with Crippen molar-refractivity contribution in [3.63, 3.8) is 0 Å². The highest BCUT2D eigenvalue weighted by Crippen LogP contribution is 2.30. The van der Waals surface area contributed by atoms with Gasteiger partial charge in [0.2, 0.25) is 0 Å². The van der Waals surface area contributed by atoms with Crippen LogP contribution in [0.1, 0.15) is 31.8 Å². The molecule has 0 aliphatic heterocycles. The topological polar surface area (TPSA) is 57.9 Å². The largest absolute Gasteiger partial charge is 0.300 e. The van der Waals surface area contributed by atoms with Crippen LogP contribution in [0.5, 0.6) is 0 Å². The molecule has 1 radical (unpaired) electrons. The minimum absolute atomic E-state index is 0.107. The van der Waals surface area contributed by atoms with E-state index in [1.807, 2.05) is 0 Å². The highest BCUT2D eigenvalue weighted by Gasteiger charge is 2.30. The number of fused-ring (bicyclic) bond motifs is 2. The smallest absolute Gasteiger partial charge is 0.196 e. The van der Waals surface area contributed by atoms with Crippen molar-refractivity contribution in [3.05, 3.63) is 64.7 Å². The summed E-state index contributed by atoms with van der Waals surface area (Å²) in [6, 6.07) is 11.5. The molecular formula is C14H8NO2. The van der Waals surface area contributed by atoms with Crippen molar-refractivity contribution in [2.45, 2.75) is 0 Å². The van der Waals surface area contributed by atoms with Gasteiger partial charge in [0.15, 0.2) is 11.6 Å². The molecule has 81 valence electrons. The van der Waals surface area contributed by atoms with Crippen LogP contribution in [-0.2, 0) is 0 Å². The number of carbonyl (C=O) groups excluding carboxylic acids is 2. The molecule has 0 amide bonds. The van der Waals surface area contributed by atoms with Crippen LogP contribution in [0.2, 0.25) is 0 Å². The fourth-order valence-electron chi connectivity index (χ4n) is 2.15. The normalized spacial score (nSPS) is 13.2. The molecule has 0 saturated carbocycles. The van der Waals surface area contributed by atoms with Gasteiger partial charge >= 0.3 is 0 Å². The van der Waals surface area contributed by atoms with Gasteiger partial charge in [0.1, 0.15) is 0 Å². The highest BCUT2D eigenvalue weighted by atomic mass is 16.1. The summed E-state index contributed by atoms with van der Waals surface area (Å²) in [7, 11) is 0. The van der Waals surface area contributed by atoms with Crippen molar-refractivity contribution in [1.82, 2.24) is 5.73 Å². The fraction of sp³-hybridized carbons (Fsp3) is 0. The lowest BCUT2D eigenvalue weighted by molar-refractivity contribution is 0.0979. The summed E-state index contributed by atoms with van der Waals surface area (Å²) in [5.74, 6) is -0.412. The third-order valence-corrected chi connectivity index (χ3v) is 2.95. The van der Waals surface area contributed by atoms with E-state index in [0.717, 1.165) is 0 Å². The fourth-order valence-corrected chi connectivity index (χ4v) is 2.15. The summed E-state index contributed by atoms with van der Waals surface area (Å²) in [4.78, 5) is 24.4. The molecule has 2 aromatic carbocycles. The highest BCUT2D eigenvalue weighted by molar-refractivity contribution is 6.29. The average Bonchev–Trinajstić information content (AvgIpc) is 2.36. The lowest BCUT2D eigenvalue weighted by Gasteiger charge is -2.17. The Morgan fingerprint density at radius 2 is 1.29 bits per heavy atom. The van der Waals surface area contributed by atoms with Crippen molar-refractivity contribution < 1.29 is 9.59 Å². The van der Waals surface area contributed by atoms with E-state index < -0.39 is 0 Å². The van der Waals surface area contributed by atoms with Crippen LogP contribution in [0.3, 0.4) is 0 Å². The molecule has 0 heterocycles. The van der Waals surface area contributed by atoms with Gasteiger partial charge in [0.05, 0.1) is 11.3 Å². The molecule has 1 N–H and O–H groups in total. The van der Waals surface area contributed by atoms with Gasteiger partial charge in [0.25, 0.3) is 0 Å². The molecule has 0 unspecified atom stereocenters. The first kappa shape index (κ1) is 9.78. The number of ketones is 2. The first-order valence-corrected chi connectivity index (χ1v) is 5.23. The third-order valence-electron chi connectivity index (χ3n) is 2.95. The zero-order valence-electron chi connectivity index (χ0n) is 8.86. The quantitative estimate of drug-likeness (QED) is 0.586. The van der Waals surface area contributed by atoms with Gasteiger partial charge < -0.3 is 5.73 Å². The van der Waals surface area contributed by atoms with Crippen LogP contribution in [0.4, 0.5) is 5.69 Å². The Kier molecular flexibility index (Phi) is 1.89. The lowest BCUT2D eigenvalue weighted by atomic mass is 9.83. The molecule has 0 bridgehead atoms. The van der Waals surface area contributed by atoms with Crippen molar-refractivity contribution in [2.75, 3.05) is 0 Å². The van der Waals surface area contributed by atoms with Gasteiger partial charge in [-0.1, -0.05) is 36.4 Å². The zero-order valence-corrected chi connectivity index (χ0v) is 8.86. The molecule has 0 aromatic heterocycles. The van der Waals surface area contributed by atoms with E-state index in [1.54, 1.807) is 36.4 Å². The van der Waals surface area contributed by atoms with Crippen LogP contribution < -0.4 is 5.73 Å². The van der Waals surface area contributed by atoms with E-state index in [1.165, 1.54) is 6.07 Å². The number of benzene rings is 2. The Labute approximate surface area is 97.9 Å². The molecule has 0 saturated heterocycles. The van der Waals surface area contributed by atoms with Crippen LogP contribution in [0.25, 0.3) is 0 Å². The van der Waals surface area contributed by atoms with Crippen LogP contribution >= 0.6 is 0 Å². The first-order valence-electron chi connectivity index (χ1n) is 5.23. The minimum atomic E-state index is -0.235. The summed E-state index contributed by atoms with van der Waals surface area (Å²) in [5, 5.41) is 0. The molecule has 1 aliphatic carbocycles. The second kappa shape index (κ2) is 3.28. The average molecular weight is 222 g/mol. The zero-order chi connectivity index (χ0) is 12.0. The SMILES string of the molecule is [NH]c1cccc2c1C(=O)c1ccccc1C2=O. The molecule has 0 spiro atoms. The van der Waals surface area contributed by atoms with Crippen molar-refractivity contribution >= 4 is 17.3 Å². The van der Waals surface area contributed by atoms with Crippen molar-refractivity contribution in [3.8, 4) is 0 Å². The van der Waals surface area contributed by atoms with Crippen molar-refractivity contribution in [2.24, 2.45) is 0 Å². The van der Waals surface area contributed by atoms with Crippen LogP contribution in [0, 0.1) is 0 Å². The predicted molar refractivity (Wildman–Crippen MR) is 62.5 cm³/mol. The van der Waals surface area contributed by atoms with Gasteiger partial charge in [-0.25, -0.2) is 0 Å². The van der Waals surface area contributed by atoms with Gasteiger partial charge in [-0.2, -0.15) is 0 Å².